The fourth-order valence-electron chi connectivity index (χ4n) is 8.87. The molecule has 9 rings (SSSR count). The van der Waals surface area contributed by atoms with Crippen LogP contribution in [0.1, 0.15) is 66.8 Å². The van der Waals surface area contributed by atoms with Crippen molar-refractivity contribution >= 4 is 45.1 Å². The molecule has 0 radical (unpaired) electrons. The summed E-state index contributed by atoms with van der Waals surface area (Å²) in [6.07, 6.45) is 28.7. The Hall–Kier alpha value is -7.40. The zero-order valence-corrected chi connectivity index (χ0v) is 33.5. The fourth-order valence-corrected chi connectivity index (χ4v) is 8.87. The predicted molar refractivity (Wildman–Crippen MR) is 244 cm³/mol. The van der Waals surface area contributed by atoms with Gasteiger partial charge in [-0.05, 0) is 159 Å². The van der Waals surface area contributed by atoms with Crippen molar-refractivity contribution in [3.8, 4) is 24.7 Å². The first kappa shape index (κ1) is 36.3. The number of allylic oxidation sites excluding steroid dienone is 12. The molecule has 0 atom stereocenters. The summed E-state index contributed by atoms with van der Waals surface area (Å²) in [6.45, 7) is 12.9. The number of aliphatic imine (C=N–C) groups is 4. The van der Waals surface area contributed by atoms with Gasteiger partial charge in [-0.15, -0.1) is 12.8 Å². The lowest BCUT2D eigenvalue weighted by Crippen LogP contribution is -2.06. The van der Waals surface area contributed by atoms with Gasteiger partial charge < -0.3 is 0 Å². The van der Waals surface area contributed by atoms with Gasteiger partial charge in [-0.25, -0.2) is 20.0 Å². The van der Waals surface area contributed by atoms with Crippen molar-refractivity contribution in [1.82, 2.24) is 0 Å². The molecule has 0 aliphatic carbocycles. The minimum atomic E-state index is 0.786. The highest BCUT2D eigenvalue weighted by atomic mass is 14.9. The van der Waals surface area contributed by atoms with Crippen molar-refractivity contribution in [2.45, 2.75) is 41.5 Å². The minimum absolute atomic E-state index is 0.786. The highest BCUT2D eigenvalue weighted by Crippen LogP contribution is 2.41. The van der Waals surface area contributed by atoms with E-state index in [4.69, 9.17) is 32.8 Å². The van der Waals surface area contributed by atoms with Gasteiger partial charge in [-0.1, -0.05) is 71.5 Å². The normalized spacial score (nSPS) is 16.6. The molecule has 5 aliphatic heterocycles. The van der Waals surface area contributed by atoms with Gasteiger partial charge in [-0.2, -0.15) is 0 Å². The summed E-state index contributed by atoms with van der Waals surface area (Å²) in [5.41, 5.74) is 22.9. The molecule has 5 aliphatic rings. The second-order valence-electron chi connectivity index (χ2n) is 15.4. The zero-order valence-electron chi connectivity index (χ0n) is 33.5. The van der Waals surface area contributed by atoms with Crippen LogP contribution in [0.15, 0.2) is 164 Å². The van der Waals surface area contributed by atoms with E-state index in [9.17, 15) is 0 Å². The van der Waals surface area contributed by atoms with Crippen LogP contribution in [0.3, 0.4) is 0 Å². The lowest BCUT2D eigenvalue weighted by atomic mass is 9.90. The van der Waals surface area contributed by atoms with Crippen molar-refractivity contribution in [3.05, 3.63) is 211 Å². The molecule has 0 spiro atoms. The molecular weight excluding hydrogens is 705 g/mol. The first-order chi connectivity index (χ1) is 28.1. The lowest BCUT2D eigenvalue weighted by molar-refractivity contribution is 1.28. The average Bonchev–Trinajstić information content (AvgIpc) is 4.04. The smallest absolute Gasteiger partial charge is 0.0738 e. The topological polar surface area (TPSA) is 49.4 Å². The second-order valence-corrected chi connectivity index (χ2v) is 15.4. The molecule has 58 heavy (non-hydrogen) atoms. The summed E-state index contributed by atoms with van der Waals surface area (Å²) in [5, 5.41) is 0. The number of benzene rings is 4. The molecule has 0 N–H and O–H groups in total. The molecule has 4 nitrogen and oxygen atoms in total. The molecule has 4 heteroatoms. The summed E-state index contributed by atoms with van der Waals surface area (Å²) >= 11 is 0. The largest absolute Gasteiger partial charge is 0.248 e. The molecule has 276 valence electrons. The summed E-state index contributed by atoms with van der Waals surface area (Å²) in [6, 6.07) is 25.0. The minimum Gasteiger partial charge on any atom is -0.248 e. The first-order valence-corrected chi connectivity index (χ1v) is 19.5. The molecule has 8 bridgehead atoms. The standard InChI is InChI=1S/C54H40N4/c1-9-37-13-11-15-39(29-37)51-41-17-21-45(55-41)53(49-33(5)25-31(3)26-34(49)6)47-23-19-43(57-47)52(40-16-12-14-38(10-2)30-40)44-20-24-48(58-44)54(46-22-18-42(51)56-46)50-35(7)27-32(4)28-36(50)8/h1-2,11-30H,3-8H3. The molecule has 5 heterocycles. The van der Waals surface area contributed by atoms with Crippen LogP contribution in [0, 0.1) is 66.2 Å². The third-order valence-electron chi connectivity index (χ3n) is 11.1. The van der Waals surface area contributed by atoms with Crippen molar-refractivity contribution in [1.29, 1.82) is 0 Å². The maximum atomic E-state index is 5.96. The molecule has 0 amide bonds. The van der Waals surface area contributed by atoms with E-state index in [0.29, 0.717) is 0 Å². The quantitative estimate of drug-likeness (QED) is 0.187. The number of aryl methyl sites for hydroxylation is 6. The number of rotatable bonds is 4. The van der Waals surface area contributed by atoms with Crippen molar-refractivity contribution in [2.75, 3.05) is 0 Å². The van der Waals surface area contributed by atoms with Gasteiger partial charge in [0.2, 0.25) is 0 Å². The van der Waals surface area contributed by atoms with Gasteiger partial charge in [0.15, 0.2) is 0 Å². The van der Waals surface area contributed by atoms with Gasteiger partial charge in [0.1, 0.15) is 0 Å². The fraction of sp³-hybridized carbons (Fsp3) is 0.111. The molecule has 0 aromatic heterocycles. The summed E-state index contributed by atoms with van der Waals surface area (Å²) < 4.78 is 0. The van der Waals surface area contributed by atoms with Crippen molar-refractivity contribution in [2.24, 2.45) is 20.0 Å². The van der Waals surface area contributed by atoms with Crippen molar-refractivity contribution < 1.29 is 0 Å². The number of hydrogen-bond donors (Lipinski definition) is 0. The van der Waals surface area contributed by atoms with Crippen LogP contribution in [-0.2, 0) is 0 Å². The molecule has 4 aromatic carbocycles. The van der Waals surface area contributed by atoms with Gasteiger partial charge in [0.05, 0.1) is 45.6 Å². The Kier molecular flexibility index (Phi) is 8.92. The maximum absolute atomic E-state index is 5.96. The Morgan fingerprint density at radius 3 is 1.02 bits per heavy atom. The highest BCUT2D eigenvalue weighted by molar-refractivity contribution is 6.40. The van der Waals surface area contributed by atoms with Crippen LogP contribution >= 0.6 is 0 Å². The van der Waals surface area contributed by atoms with Crippen LogP contribution in [0.4, 0.5) is 0 Å². The van der Waals surface area contributed by atoms with E-state index in [0.717, 1.165) is 124 Å². The van der Waals surface area contributed by atoms with Gasteiger partial charge in [0.25, 0.3) is 0 Å². The number of fused-ring (bicyclic) bond motifs is 4. The first-order valence-electron chi connectivity index (χ1n) is 19.5. The molecule has 4 aromatic rings. The zero-order chi connectivity index (χ0) is 40.2. The Morgan fingerprint density at radius 1 is 0.379 bits per heavy atom. The Bertz CT molecular complexity index is 2790. The van der Waals surface area contributed by atoms with Crippen molar-refractivity contribution in [3.63, 3.8) is 0 Å². The number of nitrogens with zero attached hydrogens (tertiary/aromatic N) is 4. The predicted octanol–water partition coefficient (Wildman–Crippen LogP) is 11.5. The SMILES string of the molecule is C#Cc1cccc(C2=C3C=CC(=N3)C(c3c(C)cc(C)cc3C)=C3C=CC(=N3)C(c3cccc(C#C)c3)=C3C=CC(=N3)C(c3c(C)cc(C)cc3C)=C3C=CC2=N3)c1. The highest BCUT2D eigenvalue weighted by Gasteiger charge is 2.29. The van der Waals surface area contributed by atoms with E-state index < -0.39 is 0 Å². The molecule has 0 saturated carbocycles. The molecular formula is C54H40N4. The molecule has 0 fully saturated rings. The second kappa shape index (κ2) is 14.3. The van der Waals surface area contributed by atoms with Crippen LogP contribution < -0.4 is 0 Å². The third kappa shape index (κ3) is 6.26. The van der Waals surface area contributed by atoms with E-state index in [-0.39, 0.29) is 0 Å². The van der Waals surface area contributed by atoms with Crippen LogP contribution in [0.5, 0.6) is 0 Å². The van der Waals surface area contributed by atoms with E-state index in [1.165, 1.54) is 11.1 Å². The van der Waals surface area contributed by atoms with E-state index in [2.05, 4.69) is 138 Å². The van der Waals surface area contributed by atoms with E-state index in [1.54, 1.807) is 0 Å². The Balaban J connectivity index is 1.42. The Labute approximate surface area is 341 Å². The third-order valence-corrected chi connectivity index (χ3v) is 11.1. The van der Waals surface area contributed by atoms with Gasteiger partial charge >= 0.3 is 0 Å². The average molecular weight is 745 g/mol. The van der Waals surface area contributed by atoms with Crippen LogP contribution in [0.2, 0.25) is 0 Å². The number of terminal acetylenes is 2. The summed E-state index contributed by atoms with van der Waals surface area (Å²) in [7, 11) is 0. The maximum Gasteiger partial charge on any atom is 0.0738 e. The Morgan fingerprint density at radius 2 is 0.690 bits per heavy atom. The van der Waals surface area contributed by atoms with Gasteiger partial charge in [-0.3, -0.25) is 0 Å². The van der Waals surface area contributed by atoms with E-state index in [1.807, 2.05) is 36.4 Å². The molecule has 0 saturated heterocycles. The monoisotopic (exact) mass is 744 g/mol. The van der Waals surface area contributed by atoms with Crippen LogP contribution in [-0.4, -0.2) is 22.8 Å². The summed E-state index contributed by atoms with van der Waals surface area (Å²) in [4.78, 5) is 21.8. The van der Waals surface area contributed by atoms with Crippen LogP contribution in [0.25, 0.3) is 22.3 Å². The lowest BCUT2D eigenvalue weighted by Gasteiger charge is -2.17. The van der Waals surface area contributed by atoms with Gasteiger partial charge in [0, 0.05) is 33.4 Å². The number of hydrogen-bond acceptors (Lipinski definition) is 4. The summed E-state index contributed by atoms with van der Waals surface area (Å²) in [5.74, 6) is 5.66. The van der Waals surface area contributed by atoms with E-state index >= 15 is 0 Å². The molecule has 0 unspecified atom stereocenters.